The third-order valence-corrected chi connectivity index (χ3v) is 6.31. The smallest absolute Gasteiger partial charge is 0.396 e. The highest BCUT2D eigenvalue weighted by Crippen LogP contribution is 2.32. The highest BCUT2D eigenvalue weighted by atomic mass is 19.4. The van der Waals surface area contributed by atoms with Crippen molar-refractivity contribution in [3.8, 4) is 11.4 Å². The number of carbonyl (C=O) groups excluding carboxylic acids is 1. The summed E-state index contributed by atoms with van der Waals surface area (Å²) in [5, 5.41) is 17.8. The Labute approximate surface area is 191 Å². The van der Waals surface area contributed by atoms with Gasteiger partial charge in [0.15, 0.2) is 5.82 Å². The van der Waals surface area contributed by atoms with Crippen LogP contribution in [-0.4, -0.2) is 51.3 Å². The van der Waals surface area contributed by atoms with E-state index in [1.54, 1.807) is 18.7 Å². The Balaban J connectivity index is 1.77. The first kappa shape index (κ1) is 24.8. The Bertz CT molecular complexity index is 1000. The average Bonchev–Trinajstić information content (AvgIpc) is 2.79. The molecule has 9 heteroatoms. The lowest BCUT2D eigenvalue weighted by atomic mass is 9.84. The van der Waals surface area contributed by atoms with Crippen LogP contribution in [0.4, 0.5) is 13.2 Å². The third-order valence-electron chi connectivity index (χ3n) is 6.31. The Hall–Kier alpha value is -2.81. The topological polar surface area (TPSA) is 90.2 Å². The lowest BCUT2D eigenvalue weighted by Crippen LogP contribution is -2.42. The van der Waals surface area contributed by atoms with Gasteiger partial charge in [-0.15, -0.1) is 0 Å². The zero-order valence-corrected chi connectivity index (χ0v) is 19.0. The number of hydrogen-bond acceptors (Lipinski definition) is 5. The van der Waals surface area contributed by atoms with Crippen molar-refractivity contribution in [2.75, 3.05) is 19.7 Å². The normalized spacial score (nSPS) is 16.0. The van der Waals surface area contributed by atoms with Gasteiger partial charge in [-0.05, 0) is 45.2 Å². The van der Waals surface area contributed by atoms with Crippen LogP contribution in [0, 0.1) is 31.1 Å². The predicted molar refractivity (Wildman–Crippen MR) is 119 cm³/mol. The van der Waals surface area contributed by atoms with Crippen molar-refractivity contribution >= 4 is 11.6 Å². The number of aliphatic hydroxyl groups excluding tert-OH is 1. The lowest BCUT2D eigenvalue weighted by molar-refractivity contribution is -0.137. The Morgan fingerprint density at radius 2 is 1.82 bits per heavy atom. The SMILES string of the molecule is CC[C@H](CO)C(=N)C1CCN(C(=O)c2c(C)nc(-c3cccc(C(F)(F)F)c3)nc2C)CC1. The molecule has 0 aliphatic carbocycles. The predicted octanol–water partition coefficient (Wildman–Crippen LogP) is 4.67. The number of benzene rings is 1. The van der Waals surface area contributed by atoms with Gasteiger partial charge in [0.05, 0.1) is 29.1 Å². The van der Waals surface area contributed by atoms with Crippen LogP contribution in [0.5, 0.6) is 0 Å². The Morgan fingerprint density at radius 1 is 1.21 bits per heavy atom. The number of aliphatic hydroxyl groups is 1. The number of carbonyl (C=O) groups is 1. The number of nitrogens with one attached hydrogen (secondary N) is 1. The molecule has 2 aromatic rings. The second kappa shape index (κ2) is 9.99. The molecule has 0 unspecified atom stereocenters. The number of likely N-dealkylation sites (tertiary alicyclic amines) is 1. The maximum atomic E-state index is 13.2. The summed E-state index contributed by atoms with van der Waals surface area (Å²) in [6, 6.07) is 4.83. The summed E-state index contributed by atoms with van der Waals surface area (Å²) in [6.07, 6.45) is -2.44. The van der Waals surface area contributed by atoms with E-state index in [0.29, 0.717) is 55.0 Å². The van der Waals surface area contributed by atoms with E-state index >= 15 is 0 Å². The van der Waals surface area contributed by atoms with Gasteiger partial charge in [0.2, 0.25) is 0 Å². The number of amides is 1. The van der Waals surface area contributed by atoms with E-state index in [4.69, 9.17) is 5.41 Å². The molecule has 1 aliphatic heterocycles. The molecule has 1 aliphatic rings. The van der Waals surface area contributed by atoms with Crippen LogP contribution in [0.15, 0.2) is 24.3 Å². The first-order valence-electron chi connectivity index (χ1n) is 11.1. The first-order valence-corrected chi connectivity index (χ1v) is 11.1. The molecule has 0 bridgehead atoms. The molecule has 2 N–H and O–H groups in total. The summed E-state index contributed by atoms with van der Waals surface area (Å²) < 4.78 is 39.2. The number of rotatable bonds is 6. The molecule has 1 amide bonds. The fourth-order valence-electron chi connectivity index (χ4n) is 4.32. The second-order valence-electron chi connectivity index (χ2n) is 8.48. The van der Waals surface area contributed by atoms with E-state index in [1.165, 1.54) is 12.1 Å². The van der Waals surface area contributed by atoms with Crippen molar-refractivity contribution in [2.45, 2.75) is 46.2 Å². The lowest BCUT2D eigenvalue weighted by Gasteiger charge is -2.34. The summed E-state index contributed by atoms with van der Waals surface area (Å²) in [5.41, 5.74) is 1.21. The molecule has 2 heterocycles. The van der Waals surface area contributed by atoms with E-state index in [1.807, 2.05) is 6.92 Å². The molecular weight excluding hydrogens is 433 g/mol. The van der Waals surface area contributed by atoms with E-state index < -0.39 is 11.7 Å². The number of piperidine rings is 1. The average molecular weight is 463 g/mol. The minimum atomic E-state index is -4.47. The summed E-state index contributed by atoms with van der Waals surface area (Å²) in [4.78, 5) is 23.6. The van der Waals surface area contributed by atoms with Gasteiger partial charge in [-0.25, -0.2) is 9.97 Å². The summed E-state index contributed by atoms with van der Waals surface area (Å²) in [5.74, 6) is -0.152. The summed E-state index contributed by atoms with van der Waals surface area (Å²) in [7, 11) is 0. The van der Waals surface area contributed by atoms with Crippen LogP contribution < -0.4 is 0 Å². The van der Waals surface area contributed by atoms with Crippen molar-refractivity contribution in [3.63, 3.8) is 0 Å². The molecule has 178 valence electrons. The van der Waals surface area contributed by atoms with E-state index in [0.717, 1.165) is 12.1 Å². The van der Waals surface area contributed by atoms with Crippen LogP contribution in [0.3, 0.4) is 0 Å². The molecule has 0 spiro atoms. The first-order chi connectivity index (χ1) is 15.6. The third kappa shape index (κ3) is 5.40. The van der Waals surface area contributed by atoms with Crippen molar-refractivity contribution in [1.29, 1.82) is 5.41 Å². The molecule has 1 aromatic heterocycles. The Kier molecular flexibility index (Phi) is 7.51. The molecule has 0 saturated carbocycles. The number of hydrogen-bond donors (Lipinski definition) is 2. The zero-order chi connectivity index (χ0) is 24.3. The standard InChI is InChI=1S/C24H29F3N4O2/c1-4-16(13-32)21(28)17-8-10-31(11-9-17)23(33)20-14(2)29-22(30-15(20)3)18-6-5-7-19(12-18)24(25,26)27/h5-7,12,16-17,28,32H,4,8-11,13H2,1-3H3/t16-/m1/s1. The van der Waals surface area contributed by atoms with Crippen LogP contribution in [0.2, 0.25) is 0 Å². The maximum Gasteiger partial charge on any atom is 0.416 e. The number of nitrogens with zero attached hydrogens (tertiary/aromatic N) is 3. The van der Waals surface area contributed by atoms with Crippen molar-refractivity contribution < 1.29 is 23.1 Å². The van der Waals surface area contributed by atoms with Gasteiger partial charge >= 0.3 is 6.18 Å². The van der Waals surface area contributed by atoms with E-state index in [9.17, 15) is 23.1 Å². The van der Waals surface area contributed by atoms with Gasteiger partial charge in [-0.1, -0.05) is 19.1 Å². The highest BCUT2D eigenvalue weighted by Gasteiger charge is 2.32. The van der Waals surface area contributed by atoms with Gasteiger partial charge in [0.1, 0.15) is 0 Å². The number of aryl methyl sites for hydroxylation is 2. The number of halogens is 3. The van der Waals surface area contributed by atoms with E-state index in [-0.39, 0.29) is 35.7 Å². The molecule has 1 aromatic carbocycles. The quantitative estimate of drug-likeness (QED) is 0.611. The minimum absolute atomic E-state index is 0.0393. The van der Waals surface area contributed by atoms with E-state index in [2.05, 4.69) is 9.97 Å². The van der Waals surface area contributed by atoms with Crippen LogP contribution in [0.1, 0.15) is 53.5 Å². The molecule has 1 fully saturated rings. The summed E-state index contributed by atoms with van der Waals surface area (Å²) >= 11 is 0. The fraction of sp³-hybridized carbons (Fsp3) is 0.500. The molecule has 0 radical (unpaired) electrons. The molecule has 1 saturated heterocycles. The summed E-state index contributed by atoms with van der Waals surface area (Å²) in [6.45, 7) is 6.21. The van der Waals surface area contributed by atoms with Crippen LogP contribution in [-0.2, 0) is 6.18 Å². The van der Waals surface area contributed by atoms with Gasteiger partial charge in [-0.3, -0.25) is 4.79 Å². The molecule has 6 nitrogen and oxygen atoms in total. The monoisotopic (exact) mass is 462 g/mol. The highest BCUT2D eigenvalue weighted by molar-refractivity contribution is 5.96. The largest absolute Gasteiger partial charge is 0.416 e. The number of aromatic nitrogens is 2. The second-order valence-corrected chi connectivity index (χ2v) is 8.48. The minimum Gasteiger partial charge on any atom is -0.396 e. The molecule has 33 heavy (non-hydrogen) atoms. The van der Waals surface area contributed by atoms with Crippen LogP contribution in [0.25, 0.3) is 11.4 Å². The van der Waals surface area contributed by atoms with Gasteiger partial charge in [-0.2, -0.15) is 13.2 Å². The number of alkyl halides is 3. The van der Waals surface area contributed by atoms with Gasteiger partial charge < -0.3 is 15.4 Å². The zero-order valence-electron chi connectivity index (χ0n) is 19.0. The van der Waals surface area contributed by atoms with Crippen molar-refractivity contribution in [2.24, 2.45) is 11.8 Å². The Morgan fingerprint density at radius 3 is 2.33 bits per heavy atom. The maximum absolute atomic E-state index is 13.2. The van der Waals surface area contributed by atoms with Crippen molar-refractivity contribution in [3.05, 3.63) is 46.8 Å². The molecule has 3 rings (SSSR count). The molecular formula is C24H29F3N4O2. The molecule has 1 atom stereocenters. The van der Waals surface area contributed by atoms with Gasteiger partial charge in [0.25, 0.3) is 5.91 Å². The van der Waals surface area contributed by atoms with Crippen LogP contribution >= 0.6 is 0 Å². The van der Waals surface area contributed by atoms with Gasteiger partial charge in [0, 0.05) is 36.2 Å². The van der Waals surface area contributed by atoms with Crippen molar-refractivity contribution in [1.82, 2.24) is 14.9 Å². The fourth-order valence-corrected chi connectivity index (χ4v) is 4.32.